The van der Waals surface area contributed by atoms with Crippen LogP contribution in [0.3, 0.4) is 0 Å². The van der Waals surface area contributed by atoms with Crippen LogP contribution in [0.5, 0.6) is 0 Å². The first-order chi connectivity index (χ1) is 10.3. The van der Waals surface area contributed by atoms with Gasteiger partial charge in [-0.3, -0.25) is 9.69 Å². The Balaban J connectivity index is 1.88. The minimum atomic E-state index is -4.03. The average molecular weight is 340 g/mol. The number of carbonyl (C=O) groups excluding carboxylic acids is 1. The Labute approximate surface area is 128 Å². The van der Waals surface area contributed by atoms with E-state index in [1.807, 2.05) is 0 Å². The second-order valence-electron chi connectivity index (χ2n) is 4.96. The number of halogens is 4. The SMILES string of the molecule is NCc1nc(C(=O)N2CCN(CC(F)(F)C(F)F)CC2)cs1. The van der Waals surface area contributed by atoms with Crippen molar-refractivity contribution in [3.05, 3.63) is 16.1 Å². The van der Waals surface area contributed by atoms with Crippen LogP contribution in [-0.4, -0.2) is 65.8 Å². The zero-order chi connectivity index (χ0) is 16.3. The number of hydrogen-bond acceptors (Lipinski definition) is 5. The van der Waals surface area contributed by atoms with Crippen LogP contribution in [0.4, 0.5) is 17.6 Å². The molecule has 0 radical (unpaired) electrons. The first kappa shape index (κ1) is 17.1. The van der Waals surface area contributed by atoms with Gasteiger partial charge in [0.05, 0.1) is 6.54 Å². The van der Waals surface area contributed by atoms with Gasteiger partial charge in [0.1, 0.15) is 10.7 Å². The molecule has 2 N–H and O–H groups in total. The highest BCUT2D eigenvalue weighted by Crippen LogP contribution is 2.24. The highest BCUT2D eigenvalue weighted by atomic mass is 32.1. The minimum Gasteiger partial charge on any atom is -0.335 e. The third-order valence-electron chi connectivity index (χ3n) is 3.36. The summed E-state index contributed by atoms with van der Waals surface area (Å²) in [6.45, 7) is -0.0969. The minimum absolute atomic E-state index is 0.127. The quantitative estimate of drug-likeness (QED) is 0.820. The summed E-state index contributed by atoms with van der Waals surface area (Å²) < 4.78 is 50.3. The molecule has 22 heavy (non-hydrogen) atoms. The fourth-order valence-corrected chi connectivity index (χ4v) is 2.79. The number of thiazole rings is 1. The van der Waals surface area contributed by atoms with Crippen molar-refractivity contribution in [1.82, 2.24) is 14.8 Å². The van der Waals surface area contributed by atoms with Crippen LogP contribution in [0.25, 0.3) is 0 Å². The molecule has 5 nitrogen and oxygen atoms in total. The van der Waals surface area contributed by atoms with Gasteiger partial charge >= 0.3 is 12.3 Å². The van der Waals surface area contributed by atoms with Gasteiger partial charge in [-0.1, -0.05) is 0 Å². The van der Waals surface area contributed by atoms with Crippen LogP contribution in [0.15, 0.2) is 5.38 Å². The summed E-state index contributed by atoms with van der Waals surface area (Å²) in [7, 11) is 0. The number of piperazine rings is 1. The molecule has 1 aliphatic rings. The van der Waals surface area contributed by atoms with Gasteiger partial charge in [0.2, 0.25) is 0 Å². The molecule has 1 fully saturated rings. The van der Waals surface area contributed by atoms with Crippen molar-refractivity contribution in [2.75, 3.05) is 32.7 Å². The summed E-state index contributed by atoms with van der Waals surface area (Å²) in [4.78, 5) is 19.0. The number of rotatable bonds is 5. The van der Waals surface area contributed by atoms with Crippen molar-refractivity contribution in [2.24, 2.45) is 5.73 Å². The molecule has 124 valence electrons. The number of hydrogen-bond donors (Lipinski definition) is 1. The van der Waals surface area contributed by atoms with Gasteiger partial charge in [-0.05, 0) is 0 Å². The Hall–Kier alpha value is -1.26. The third kappa shape index (κ3) is 3.93. The number of amides is 1. The monoisotopic (exact) mass is 340 g/mol. The fourth-order valence-electron chi connectivity index (χ4n) is 2.14. The van der Waals surface area contributed by atoms with Crippen LogP contribution in [0, 0.1) is 0 Å². The number of nitrogens with two attached hydrogens (primary N) is 1. The molecule has 0 bridgehead atoms. The second-order valence-corrected chi connectivity index (χ2v) is 5.90. The van der Waals surface area contributed by atoms with Crippen molar-refractivity contribution in [2.45, 2.75) is 18.9 Å². The van der Waals surface area contributed by atoms with Gasteiger partial charge in [-0.25, -0.2) is 13.8 Å². The summed E-state index contributed by atoms with van der Waals surface area (Å²) in [5.74, 6) is -4.33. The van der Waals surface area contributed by atoms with Crippen molar-refractivity contribution in [1.29, 1.82) is 0 Å². The molecule has 2 rings (SSSR count). The molecular weight excluding hydrogens is 324 g/mol. The van der Waals surface area contributed by atoms with Gasteiger partial charge in [0.15, 0.2) is 0 Å². The van der Waals surface area contributed by atoms with E-state index in [2.05, 4.69) is 4.98 Å². The molecular formula is C12H16F4N4OS. The highest BCUT2D eigenvalue weighted by molar-refractivity contribution is 7.09. The molecule has 1 aromatic rings. The standard InChI is InChI=1S/C12H16F4N4OS/c13-11(14)12(15,16)7-19-1-3-20(4-2-19)10(21)8-6-22-9(5-17)18-8/h6,11H,1-5,7,17H2. The molecule has 0 unspecified atom stereocenters. The van der Waals surface area contributed by atoms with E-state index in [0.717, 1.165) is 0 Å². The van der Waals surface area contributed by atoms with Gasteiger partial charge in [-0.2, -0.15) is 8.78 Å². The van der Waals surface area contributed by atoms with Crippen LogP contribution < -0.4 is 5.73 Å². The van der Waals surface area contributed by atoms with Crippen molar-refractivity contribution >= 4 is 17.2 Å². The lowest BCUT2D eigenvalue weighted by atomic mass is 10.2. The predicted molar refractivity (Wildman–Crippen MR) is 73.3 cm³/mol. The van der Waals surface area contributed by atoms with Crippen molar-refractivity contribution in [3.8, 4) is 0 Å². The lowest BCUT2D eigenvalue weighted by Crippen LogP contribution is -2.52. The van der Waals surface area contributed by atoms with Crippen molar-refractivity contribution < 1.29 is 22.4 Å². The van der Waals surface area contributed by atoms with Gasteiger partial charge in [0, 0.05) is 38.1 Å². The second kappa shape index (κ2) is 6.88. The topological polar surface area (TPSA) is 62.5 Å². The molecule has 2 heterocycles. The summed E-state index contributed by atoms with van der Waals surface area (Å²) in [6.07, 6.45) is -3.68. The molecule has 0 spiro atoms. The Bertz CT molecular complexity index is 517. The summed E-state index contributed by atoms with van der Waals surface area (Å²) in [5.41, 5.74) is 5.70. The molecule has 0 aromatic carbocycles. The lowest BCUT2D eigenvalue weighted by molar-refractivity contribution is -0.144. The maximum atomic E-state index is 13.0. The van der Waals surface area contributed by atoms with Gasteiger partial charge in [0.25, 0.3) is 5.91 Å². The zero-order valence-corrected chi connectivity index (χ0v) is 12.5. The molecule has 1 aromatic heterocycles. The molecule has 0 saturated carbocycles. The third-order valence-corrected chi connectivity index (χ3v) is 4.23. The maximum absolute atomic E-state index is 13.0. The fraction of sp³-hybridized carbons (Fsp3) is 0.667. The van der Waals surface area contributed by atoms with Gasteiger partial charge < -0.3 is 10.6 Å². The van der Waals surface area contributed by atoms with E-state index in [1.54, 1.807) is 5.38 Å². The highest BCUT2D eigenvalue weighted by Gasteiger charge is 2.42. The largest absolute Gasteiger partial charge is 0.335 e. The summed E-state index contributed by atoms with van der Waals surface area (Å²) in [6, 6.07) is 0. The maximum Gasteiger partial charge on any atom is 0.319 e. The van der Waals surface area contributed by atoms with Crippen molar-refractivity contribution in [3.63, 3.8) is 0 Å². The number of alkyl halides is 4. The van der Waals surface area contributed by atoms with E-state index < -0.39 is 18.9 Å². The van der Waals surface area contributed by atoms with Crippen LogP contribution in [-0.2, 0) is 6.54 Å². The number of carbonyl (C=O) groups is 1. The van der Waals surface area contributed by atoms with Gasteiger partial charge in [-0.15, -0.1) is 11.3 Å². The molecule has 10 heteroatoms. The summed E-state index contributed by atoms with van der Waals surface area (Å²) >= 11 is 1.28. The smallest absolute Gasteiger partial charge is 0.319 e. The van der Waals surface area contributed by atoms with Crippen LogP contribution in [0.2, 0.25) is 0 Å². The Morgan fingerprint density at radius 2 is 2.00 bits per heavy atom. The molecule has 1 saturated heterocycles. The van der Waals surface area contributed by atoms with E-state index in [-0.39, 0.29) is 44.3 Å². The average Bonchev–Trinajstić information content (AvgIpc) is 2.95. The van der Waals surface area contributed by atoms with E-state index in [1.165, 1.54) is 21.1 Å². The van der Waals surface area contributed by atoms with E-state index in [4.69, 9.17) is 5.73 Å². The first-order valence-electron chi connectivity index (χ1n) is 6.65. The molecule has 1 amide bonds. The molecule has 1 aliphatic heterocycles. The number of aromatic nitrogens is 1. The molecule has 0 atom stereocenters. The van der Waals surface area contributed by atoms with Crippen LogP contribution >= 0.6 is 11.3 Å². The van der Waals surface area contributed by atoms with Crippen LogP contribution in [0.1, 0.15) is 15.5 Å². The predicted octanol–water partition coefficient (Wildman–Crippen LogP) is 1.26. The lowest BCUT2D eigenvalue weighted by Gasteiger charge is -2.35. The van der Waals surface area contributed by atoms with E-state index in [0.29, 0.717) is 5.01 Å². The zero-order valence-electron chi connectivity index (χ0n) is 11.6. The normalized spacial score (nSPS) is 17.3. The van der Waals surface area contributed by atoms with E-state index in [9.17, 15) is 22.4 Å². The molecule has 0 aliphatic carbocycles. The first-order valence-corrected chi connectivity index (χ1v) is 7.53. The Morgan fingerprint density at radius 1 is 1.36 bits per heavy atom. The van der Waals surface area contributed by atoms with E-state index >= 15 is 0 Å². The summed E-state index contributed by atoms with van der Waals surface area (Å²) in [5, 5.41) is 2.24. The Morgan fingerprint density at radius 3 is 2.50 bits per heavy atom. The number of nitrogens with zero attached hydrogens (tertiary/aromatic N) is 3. The Kier molecular flexibility index (Phi) is 5.35.